The molecule has 1 fully saturated rings. The van der Waals surface area contributed by atoms with Crippen LogP contribution in [0.5, 0.6) is 0 Å². The summed E-state index contributed by atoms with van der Waals surface area (Å²) in [5, 5.41) is 0.602. The van der Waals surface area contributed by atoms with Gasteiger partial charge in [0.2, 0.25) is 0 Å². The number of carbonyl (C=O) groups is 1. The first kappa shape index (κ1) is 12.2. The topological polar surface area (TPSA) is 26.3 Å². The first-order chi connectivity index (χ1) is 9.25. The van der Waals surface area contributed by atoms with E-state index < -0.39 is 5.41 Å². The molecule has 0 aromatic heterocycles. The fourth-order valence-corrected chi connectivity index (χ4v) is 3.01. The summed E-state index contributed by atoms with van der Waals surface area (Å²) in [7, 11) is 0. The molecule has 0 bridgehead atoms. The molecule has 19 heavy (non-hydrogen) atoms. The van der Waals surface area contributed by atoms with E-state index >= 15 is 0 Å². The summed E-state index contributed by atoms with van der Waals surface area (Å²) in [5.74, 6) is -0.216. The zero-order valence-electron chi connectivity index (χ0n) is 10.3. The number of ether oxygens (including phenoxy) is 1. The van der Waals surface area contributed by atoms with Crippen LogP contribution < -0.4 is 0 Å². The Kier molecular flexibility index (Phi) is 3.03. The normalized spacial score (nSPS) is 22.3. The third-order valence-corrected chi connectivity index (χ3v) is 3.99. The van der Waals surface area contributed by atoms with Crippen molar-refractivity contribution >= 4 is 17.6 Å². The van der Waals surface area contributed by atoms with Gasteiger partial charge in [-0.05, 0) is 17.2 Å². The van der Waals surface area contributed by atoms with Crippen LogP contribution in [0.1, 0.15) is 17.5 Å². The molecule has 2 aromatic carbocycles. The van der Waals surface area contributed by atoms with E-state index in [0.717, 1.165) is 11.1 Å². The smallest absolute Gasteiger partial charge is 0.321 e. The summed E-state index contributed by atoms with van der Waals surface area (Å²) in [6.07, 6.45) is 0.625. The Morgan fingerprint density at radius 2 is 1.68 bits per heavy atom. The van der Waals surface area contributed by atoms with Gasteiger partial charge in [0.05, 0.1) is 6.61 Å². The van der Waals surface area contributed by atoms with Gasteiger partial charge in [0, 0.05) is 11.4 Å². The van der Waals surface area contributed by atoms with Gasteiger partial charge in [-0.15, -0.1) is 0 Å². The van der Waals surface area contributed by atoms with Crippen molar-refractivity contribution in [3.8, 4) is 0 Å². The molecule has 1 unspecified atom stereocenters. The lowest BCUT2D eigenvalue weighted by molar-refractivity contribution is -0.141. The Morgan fingerprint density at radius 1 is 1.00 bits per heavy atom. The number of benzene rings is 2. The van der Waals surface area contributed by atoms with Crippen molar-refractivity contribution in [1.29, 1.82) is 0 Å². The summed E-state index contributed by atoms with van der Waals surface area (Å²) in [4.78, 5) is 12.4. The molecular formula is C16H13ClO2. The molecule has 0 saturated carbocycles. The van der Waals surface area contributed by atoms with E-state index in [1.165, 1.54) is 0 Å². The Bertz CT molecular complexity index is 609. The highest BCUT2D eigenvalue weighted by molar-refractivity contribution is 6.31. The minimum Gasteiger partial charge on any atom is -0.465 e. The fraction of sp³-hybridized carbons (Fsp3) is 0.188. The van der Waals surface area contributed by atoms with Gasteiger partial charge in [0.15, 0.2) is 0 Å². The molecule has 3 rings (SSSR count). The van der Waals surface area contributed by atoms with Gasteiger partial charge in [0.1, 0.15) is 5.41 Å². The second-order valence-corrected chi connectivity index (χ2v) is 5.04. The van der Waals surface area contributed by atoms with E-state index in [9.17, 15) is 4.79 Å². The average molecular weight is 273 g/mol. The Morgan fingerprint density at radius 3 is 2.32 bits per heavy atom. The summed E-state index contributed by atoms with van der Waals surface area (Å²) in [5.41, 5.74) is 0.996. The van der Waals surface area contributed by atoms with Crippen LogP contribution >= 0.6 is 11.6 Å². The zero-order chi connectivity index (χ0) is 13.3. The molecular weight excluding hydrogens is 260 g/mol. The zero-order valence-corrected chi connectivity index (χ0v) is 11.1. The predicted octanol–water partition coefficient (Wildman–Crippen LogP) is 3.57. The van der Waals surface area contributed by atoms with E-state index in [-0.39, 0.29) is 5.97 Å². The number of esters is 1. The molecule has 1 atom stereocenters. The largest absolute Gasteiger partial charge is 0.465 e. The number of halogens is 1. The molecule has 1 aliphatic rings. The van der Waals surface area contributed by atoms with Crippen LogP contribution in [0.3, 0.4) is 0 Å². The first-order valence-corrected chi connectivity index (χ1v) is 6.61. The second-order valence-electron chi connectivity index (χ2n) is 4.64. The first-order valence-electron chi connectivity index (χ1n) is 6.23. The van der Waals surface area contributed by atoms with E-state index in [1.807, 2.05) is 54.6 Å². The maximum absolute atomic E-state index is 12.4. The van der Waals surface area contributed by atoms with Crippen LogP contribution in [0.4, 0.5) is 0 Å². The summed E-state index contributed by atoms with van der Waals surface area (Å²) >= 11 is 6.30. The van der Waals surface area contributed by atoms with Gasteiger partial charge in [-0.2, -0.15) is 0 Å². The highest BCUT2D eigenvalue weighted by atomic mass is 35.5. The highest BCUT2D eigenvalue weighted by Gasteiger charge is 2.48. The van der Waals surface area contributed by atoms with Gasteiger partial charge in [-0.3, -0.25) is 4.79 Å². The molecule has 0 radical (unpaired) electrons. The number of hydrogen-bond acceptors (Lipinski definition) is 2. The predicted molar refractivity (Wildman–Crippen MR) is 74.3 cm³/mol. The van der Waals surface area contributed by atoms with Crippen molar-refractivity contribution in [3.05, 3.63) is 70.7 Å². The highest BCUT2D eigenvalue weighted by Crippen LogP contribution is 2.43. The molecule has 96 valence electrons. The summed E-state index contributed by atoms with van der Waals surface area (Å²) < 4.78 is 5.24. The van der Waals surface area contributed by atoms with Crippen molar-refractivity contribution in [2.45, 2.75) is 11.8 Å². The van der Waals surface area contributed by atoms with Crippen LogP contribution in [0.2, 0.25) is 5.02 Å². The van der Waals surface area contributed by atoms with Crippen molar-refractivity contribution < 1.29 is 9.53 Å². The van der Waals surface area contributed by atoms with Gasteiger partial charge in [-0.1, -0.05) is 60.1 Å². The van der Waals surface area contributed by atoms with E-state index in [4.69, 9.17) is 16.3 Å². The van der Waals surface area contributed by atoms with Crippen molar-refractivity contribution in [2.24, 2.45) is 0 Å². The maximum Gasteiger partial charge on any atom is 0.321 e. The minimum absolute atomic E-state index is 0.216. The van der Waals surface area contributed by atoms with Gasteiger partial charge < -0.3 is 4.74 Å². The number of cyclic esters (lactones) is 1. The van der Waals surface area contributed by atoms with Crippen LogP contribution in [0.15, 0.2) is 54.6 Å². The van der Waals surface area contributed by atoms with Crippen molar-refractivity contribution in [1.82, 2.24) is 0 Å². The van der Waals surface area contributed by atoms with E-state index in [1.54, 1.807) is 0 Å². The monoisotopic (exact) mass is 272 g/mol. The lowest BCUT2D eigenvalue weighted by Crippen LogP contribution is -2.33. The molecule has 1 heterocycles. The lowest BCUT2D eigenvalue weighted by Gasteiger charge is -2.26. The number of hydrogen-bond donors (Lipinski definition) is 0. The Labute approximate surface area is 117 Å². The van der Waals surface area contributed by atoms with Gasteiger partial charge >= 0.3 is 5.97 Å². The van der Waals surface area contributed by atoms with Gasteiger partial charge in [-0.25, -0.2) is 0 Å². The number of rotatable bonds is 2. The molecule has 0 spiro atoms. The molecule has 0 N–H and O–H groups in total. The standard InChI is InChI=1S/C16H13ClO2/c17-14-9-5-4-8-13(14)16(10-11-19-15(16)18)12-6-2-1-3-7-12/h1-9H,10-11H2. The van der Waals surface area contributed by atoms with Crippen LogP contribution in [0.25, 0.3) is 0 Å². The SMILES string of the molecule is O=C1OCCC1(c1ccccc1)c1ccccc1Cl. The van der Waals surface area contributed by atoms with Crippen molar-refractivity contribution in [2.75, 3.05) is 6.61 Å². The summed E-state index contributed by atoms with van der Waals surface area (Å²) in [6, 6.07) is 17.2. The van der Waals surface area contributed by atoms with Crippen LogP contribution in [-0.2, 0) is 14.9 Å². The third kappa shape index (κ3) is 1.83. The Hall–Kier alpha value is -1.80. The van der Waals surface area contributed by atoms with E-state index in [2.05, 4.69) is 0 Å². The van der Waals surface area contributed by atoms with E-state index in [0.29, 0.717) is 18.1 Å². The Balaban J connectivity index is 2.25. The van der Waals surface area contributed by atoms with Crippen LogP contribution in [0, 0.1) is 0 Å². The molecule has 2 nitrogen and oxygen atoms in total. The molecule has 0 amide bonds. The summed E-state index contributed by atoms with van der Waals surface area (Å²) in [6.45, 7) is 0.430. The van der Waals surface area contributed by atoms with Crippen LogP contribution in [-0.4, -0.2) is 12.6 Å². The average Bonchev–Trinajstić information content (AvgIpc) is 2.83. The fourth-order valence-electron chi connectivity index (χ4n) is 2.71. The molecule has 1 aliphatic heterocycles. The molecule has 1 saturated heterocycles. The second kappa shape index (κ2) is 4.71. The van der Waals surface area contributed by atoms with Crippen molar-refractivity contribution in [3.63, 3.8) is 0 Å². The van der Waals surface area contributed by atoms with Gasteiger partial charge in [0.25, 0.3) is 0 Å². The minimum atomic E-state index is -0.764. The molecule has 0 aliphatic carbocycles. The molecule has 2 aromatic rings. The maximum atomic E-state index is 12.4. The number of carbonyl (C=O) groups excluding carboxylic acids is 1. The quantitative estimate of drug-likeness (QED) is 0.781. The molecule has 3 heteroatoms. The third-order valence-electron chi connectivity index (χ3n) is 3.66. The lowest BCUT2D eigenvalue weighted by atomic mass is 9.73.